The van der Waals surface area contributed by atoms with E-state index in [1.165, 1.54) is 17.0 Å². The number of nitrogens with one attached hydrogen (secondary N) is 3. The average Bonchev–Trinajstić information content (AvgIpc) is 3.35. The number of aromatic amines is 1. The van der Waals surface area contributed by atoms with E-state index in [2.05, 4.69) is 20.8 Å². The van der Waals surface area contributed by atoms with Crippen LogP contribution in [-0.2, 0) is 51.0 Å². The summed E-state index contributed by atoms with van der Waals surface area (Å²) in [7, 11) is 0. The van der Waals surface area contributed by atoms with Crippen molar-refractivity contribution in [3.8, 4) is 5.75 Å². The maximum Gasteiger partial charge on any atom is 0.272 e. The molecular weight excluding hydrogens is 893 g/mol. The first-order valence-corrected chi connectivity index (χ1v) is 22.9. The molecule has 0 bridgehead atoms. The maximum absolute atomic E-state index is 14.9. The van der Waals surface area contributed by atoms with Crippen LogP contribution in [0.1, 0.15) is 46.4 Å². The van der Waals surface area contributed by atoms with Gasteiger partial charge in [-0.05, 0) is 60.4 Å². The molecule has 20 heteroatoms. The van der Waals surface area contributed by atoms with Crippen molar-refractivity contribution in [1.82, 2.24) is 30.6 Å². The molecular formula is C47H57ClFN7O11. The van der Waals surface area contributed by atoms with Gasteiger partial charge in [0.25, 0.3) is 17.4 Å². The molecule has 0 unspecified atom stereocenters. The molecule has 67 heavy (non-hydrogen) atoms. The predicted octanol–water partition coefficient (Wildman–Crippen LogP) is 2.61. The Hall–Kier alpha value is -5.99. The lowest BCUT2D eigenvalue weighted by molar-refractivity contribution is -0.134. The number of ether oxygens (including phenoxy) is 5. The Bertz CT molecular complexity index is 2380. The number of nitrogens with zero attached hydrogens (tertiary/aromatic N) is 4. The second-order valence-corrected chi connectivity index (χ2v) is 16.0. The highest BCUT2D eigenvalue weighted by Crippen LogP contribution is 2.31. The molecule has 6 rings (SSSR count). The zero-order chi connectivity index (χ0) is 47.4. The molecule has 0 radical (unpaired) electrons. The summed E-state index contributed by atoms with van der Waals surface area (Å²) in [5.74, 6) is -1.54. The van der Waals surface area contributed by atoms with E-state index in [4.69, 9.17) is 35.3 Å². The number of benzene rings is 3. The van der Waals surface area contributed by atoms with Crippen LogP contribution in [0.25, 0.3) is 10.8 Å². The van der Waals surface area contributed by atoms with E-state index < -0.39 is 11.7 Å². The summed E-state index contributed by atoms with van der Waals surface area (Å²) in [5, 5.41) is 13.3. The van der Waals surface area contributed by atoms with Crippen molar-refractivity contribution < 1.29 is 52.0 Å². The van der Waals surface area contributed by atoms with Gasteiger partial charge < -0.3 is 49.0 Å². The highest BCUT2D eigenvalue weighted by molar-refractivity contribution is 6.29. The summed E-state index contributed by atoms with van der Waals surface area (Å²) in [6.07, 6.45) is 1.95. The van der Waals surface area contributed by atoms with Crippen LogP contribution in [0.3, 0.4) is 0 Å². The molecule has 4 aromatic rings. The summed E-state index contributed by atoms with van der Waals surface area (Å²) in [4.78, 5) is 79.8. The maximum atomic E-state index is 14.9. The van der Waals surface area contributed by atoms with Gasteiger partial charge in [0, 0.05) is 76.1 Å². The van der Waals surface area contributed by atoms with Gasteiger partial charge in [-0.15, -0.1) is 11.6 Å². The Morgan fingerprint density at radius 1 is 0.716 bits per heavy atom. The van der Waals surface area contributed by atoms with E-state index in [0.717, 1.165) is 24.1 Å². The molecule has 1 aromatic heterocycles. The van der Waals surface area contributed by atoms with Crippen LogP contribution in [-0.4, -0.2) is 161 Å². The number of piperazine rings is 1. The molecule has 0 atom stereocenters. The molecule has 0 aliphatic carbocycles. The van der Waals surface area contributed by atoms with Gasteiger partial charge in [-0.1, -0.05) is 24.3 Å². The van der Waals surface area contributed by atoms with Gasteiger partial charge in [-0.2, -0.15) is 5.10 Å². The first kappa shape index (κ1) is 50.4. The van der Waals surface area contributed by atoms with E-state index in [1.54, 1.807) is 46.2 Å². The van der Waals surface area contributed by atoms with Crippen molar-refractivity contribution in [2.24, 2.45) is 0 Å². The van der Waals surface area contributed by atoms with Crippen LogP contribution < -0.4 is 25.8 Å². The van der Waals surface area contributed by atoms with E-state index >= 15 is 0 Å². The fourth-order valence-electron chi connectivity index (χ4n) is 7.62. The summed E-state index contributed by atoms with van der Waals surface area (Å²) in [6, 6.07) is 16.8. The minimum atomic E-state index is -0.653. The van der Waals surface area contributed by atoms with E-state index in [1.807, 2.05) is 12.1 Å². The monoisotopic (exact) mass is 949 g/mol. The van der Waals surface area contributed by atoms with Crippen LogP contribution >= 0.6 is 11.6 Å². The van der Waals surface area contributed by atoms with Crippen LogP contribution in [0, 0.1) is 5.82 Å². The third-order valence-corrected chi connectivity index (χ3v) is 11.3. The lowest BCUT2D eigenvalue weighted by atomic mass is 10.0. The highest BCUT2D eigenvalue weighted by Gasteiger charge is 2.27. The molecule has 3 aromatic carbocycles. The van der Waals surface area contributed by atoms with E-state index in [9.17, 15) is 33.2 Å². The number of hydrogen-bond acceptors (Lipinski definition) is 12. The summed E-state index contributed by atoms with van der Waals surface area (Å²) < 4.78 is 42.5. The van der Waals surface area contributed by atoms with Crippen molar-refractivity contribution in [2.75, 3.05) is 116 Å². The largest absolute Gasteiger partial charge is 0.484 e. The number of hydrogen-bond donors (Lipinski definition) is 3. The van der Waals surface area contributed by atoms with Crippen molar-refractivity contribution in [1.29, 1.82) is 0 Å². The molecule has 360 valence electrons. The van der Waals surface area contributed by atoms with Gasteiger partial charge >= 0.3 is 0 Å². The van der Waals surface area contributed by atoms with Crippen LogP contribution in [0.2, 0.25) is 0 Å². The number of fused-ring (bicyclic) bond motifs is 2. The molecule has 3 heterocycles. The first-order valence-electron chi connectivity index (χ1n) is 22.4. The van der Waals surface area contributed by atoms with Gasteiger partial charge in [0.15, 0.2) is 6.61 Å². The standard InChI is InChI=1S/C47H57ClFN7O11/c48-31-45(60)56-15-3-4-34-30-35(8-10-41(34)56)67-32-43(58)51-14-21-64-23-25-66-27-26-65-24-22-63-20-13-50-42(57)11-12-44(59)54-16-18-55(19-17-54)47(62)38-28-33(7-9-39(38)49)29-40-36-5-1-2-6-37(36)46(61)53-52-40/h1-2,5-10,28,30H,3-4,11-27,29,31-32H2,(H,50,57)(H,51,58)(H,53,61). The summed E-state index contributed by atoms with van der Waals surface area (Å²) in [6.45, 7) is 4.79. The molecule has 0 saturated carbocycles. The van der Waals surface area contributed by atoms with Crippen LogP contribution in [0.4, 0.5) is 10.1 Å². The molecule has 2 aliphatic heterocycles. The molecule has 18 nitrogen and oxygen atoms in total. The Morgan fingerprint density at radius 3 is 2.04 bits per heavy atom. The Labute approximate surface area is 392 Å². The van der Waals surface area contributed by atoms with Crippen molar-refractivity contribution in [3.63, 3.8) is 0 Å². The number of carbonyl (C=O) groups is 5. The van der Waals surface area contributed by atoms with Crippen LogP contribution in [0.15, 0.2) is 65.5 Å². The number of alkyl halides is 1. The zero-order valence-electron chi connectivity index (χ0n) is 37.4. The Balaban J connectivity index is 0.722. The quantitative estimate of drug-likeness (QED) is 0.0647. The van der Waals surface area contributed by atoms with E-state index in [0.29, 0.717) is 87.1 Å². The van der Waals surface area contributed by atoms with Gasteiger partial charge in [-0.25, -0.2) is 9.49 Å². The normalized spacial score (nSPS) is 13.6. The number of halogens is 2. The van der Waals surface area contributed by atoms with Gasteiger partial charge in [0.1, 0.15) is 17.4 Å². The topological polar surface area (TPSA) is 211 Å². The molecule has 2 aliphatic rings. The lowest BCUT2D eigenvalue weighted by Crippen LogP contribution is -2.50. The number of rotatable bonds is 25. The van der Waals surface area contributed by atoms with Gasteiger partial charge in [-0.3, -0.25) is 28.8 Å². The van der Waals surface area contributed by atoms with Crippen molar-refractivity contribution in [3.05, 3.63) is 99.2 Å². The van der Waals surface area contributed by atoms with E-state index in [-0.39, 0.29) is 106 Å². The molecule has 1 saturated heterocycles. The second-order valence-electron chi connectivity index (χ2n) is 15.7. The number of carbonyl (C=O) groups excluding carboxylic acids is 5. The Kier molecular flexibility index (Phi) is 19.8. The zero-order valence-corrected chi connectivity index (χ0v) is 38.1. The van der Waals surface area contributed by atoms with Crippen LogP contribution in [0.5, 0.6) is 5.75 Å². The number of amides is 5. The van der Waals surface area contributed by atoms with Crippen molar-refractivity contribution >= 4 is 57.6 Å². The van der Waals surface area contributed by atoms with Gasteiger partial charge in [0.05, 0.1) is 69.5 Å². The summed E-state index contributed by atoms with van der Waals surface area (Å²) in [5.41, 5.74) is 2.68. The smallest absolute Gasteiger partial charge is 0.272 e. The minimum Gasteiger partial charge on any atom is -0.484 e. The number of anilines is 1. The summed E-state index contributed by atoms with van der Waals surface area (Å²) >= 11 is 5.74. The second kappa shape index (κ2) is 26.4. The highest BCUT2D eigenvalue weighted by atomic mass is 35.5. The number of aryl methyl sites for hydroxylation is 1. The van der Waals surface area contributed by atoms with Crippen molar-refractivity contribution in [2.45, 2.75) is 32.1 Å². The number of H-pyrrole nitrogens is 1. The first-order chi connectivity index (χ1) is 32.6. The lowest BCUT2D eigenvalue weighted by Gasteiger charge is -2.35. The van der Waals surface area contributed by atoms with Gasteiger partial charge in [0.2, 0.25) is 17.7 Å². The minimum absolute atomic E-state index is 0.00864. The Morgan fingerprint density at radius 2 is 1.36 bits per heavy atom. The predicted molar refractivity (Wildman–Crippen MR) is 246 cm³/mol. The third-order valence-electron chi connectivity index (χ3n) is 11.1. The molecule has 0 spiro atoms. The molecule has 5 amide bonds. The molecule has 1 fully saturated rings. The molecule has 3 N–H and O–H groups in total. The third kappa shape index (κ3) is 15.3. The fourth-order valence-corrected chi connectivity index (χ4v) is 7.77. The fraction of sp³-hybridized carbons (Fsp3) is 0.468. The SMILES string of the molecule is O=C(CCC(=O)N1CCN(C(=O)c2cc(Cc3n[nH]c(=O)c4ccccc34)ccc2F)CC1)NCCOCCOCCOCCOCCNC(=O)COc1ccc2c(c1)CCCN2C(=O)CCl. The number of aromatic nitrogens is 2. The average molecular weight is 950 g/mol.